The maximum atomic E-state index is 12.3. The fourth-order valence-corrected chi connectivity index (χ4v) is 2.81. The maximum absolute atomic E-state index is 12.3. The summed E-state index contributed by atoms with van der Waals surface area (Å²) >= 11 is 0. The third-order valence-electron chi connectivity index (χ3n) is 3.97. The first-order chi connectivity index (χ1) is 11.2. The van der Waals surface area contributed by atoms with Gasteiger partial charge in [0.15, 0.2) is 0 Å². The van der Waals surface area contributed by atoms with Crippen molar-refractivity contribution in [3.8, 4) is 5.75 Å². The molecule has 0 spiro atoms. The molecule has 124 valence electrons. The highest BCUT2D eigenvalue weighted by Gasteiger charge is 2.17. The zero-order valence-electron chi connectivity index (χ0n) is 13.5. The van der Waals surface area contributed by atoms with Gasteiger partial charge in [0.1, 0.15) is 5.75 Å². The van der Waals surface area contributed by atoms with E-state index in [0.29, 0.717) is 26.4 Å². The van der Waals surface area contributed by atoms with E-state index in [1.807, 2.05) is 31.3 Å². The van der Waals surface area contributed by atoms with Gasteiger partial charge < -0.3 is 19.2 Å². The van der Waals surface area contributed by atoms with Crippen molar-refractivity contribution in [2.24, 2.45) is 0 Å². The molecule has 0 aliphatic carbocycles. The van der Waals surface area contributed by atoms with Crippen LogP contribution >= 0.6 is 0 Å². The number of hydrogen-bond acceptors (Lipinski definition) is 5. The van der Waals surface area contributed by atoms with Crippen LogP contribution in [0.25, 0.3) is 10.9 Å². The topological polar surface area (TPSA) is 63.8 Å². The second kappa shape index (κ2) is 7.12. The highest BCUT2D eigenvalue weighted by atomic mass is 16.6. The van der Waals surface area contributed by atoms with E-state index >= 15 is 0 Å². The summed E-state index contributed by atoms with van der Waals surface area (Å²) in [6, 6.07) is 7.60. The van der Waals surface area contributed by atoms with Gasteiger partial charge in [-0.1, -0.05) is 0 Å². The lowest BCUT2D eigenvalue weighted by molar-refractivity contribution is -0.0963. The summed E-state index contributed by atoms with van der Waals surface area (Å²) in [6.07, 6.45) is 0.0672. The molecule has 6 nitrogen and oxygen atoms in total. The Bertz CT molecular complexity index is 722. The number of nitrogens with zero attached hydrogens (tertiary/aromatic N) is 1. The number of fused-ring (bicyclic) bond motifs is 1. The van der Waals surface area contributed by atoms with Crippen LogP contribution in [-0.4, -0.2) is 56.5 Å². The van der Waals surface area contributed by atoms with Crippen LogP contribution in [0.15, 0.2) is 29.1 Å². The molecular formula is C17H22N2O4. The van der Waals surface area contributed by atoms with Crippen LogP contribution in [0.2, 0.25) is 0 Å². The van der Waals surface area contributed by atoms with Crippen LogP contribution in [0.3, 0.4) is 0 Å². The van der Waals surface area contributed by atoms with E-state index in [4.69, 9.17) is 14.2 Å². The average molecular weight is 318 g/mol. The molecule has 0 amide bonds. The molecule has 3 rings (SSSR count). The monoisotopic (exact) mass is 318 g/mol. The largest absolute Gasteiger partial charge is 0.497 e. The Labute approximate surface area is 135 Å². The van der Waals surface area contributed by atoms with E-state index in [0.717, 1.165) is 28.8 Å². The van der Waals surface area contributed by atoms with E-state index in [9.17, 15) is 4.79 Å². The molecule has 6 heteroatoms. The number of methoxy groups -OCH3 is 1. The molecule has 1 N–H and O–H groups in total. The Morgan fingerprint density at radius 1 is 1.35 bits per heavy atom. The number of likely N-dealkylation sites (N-methyl/N-ethyl adjacent to an activating group) is 1. The van der Waals surface area contributed by atoms with E-state index < -0.39 is 0 Å². The zero-order chi connectivity index (χ0) is 16.2. The van der Waals surface area contributed by atoms with Gasteiger partial charge in [0.2, 0.25) is 0 Å². The van der Waals surface area contributed by atoms with Gasteiger partial charge in [0.25, 0.3) is 5.56 Å². The molecule has 2 heterocycles. The number of benzene rings is 1. The first kappa shape index (κ1) is 16.0. The molecule has 1 aromatic carbocycles. The minimum Gasteiger partial charge on any atom is -0.497 e. The van der Waals surface area contributed by atoms with Crippen molar-refractivity contribution in [2.45, 2.75) is 12.6 Å². The van der Waals surface area contributed by atoms with Crippen LogP contribution in [0.1, 0.15) is 5.56 Å². The number of aromatic amines is 1. The van der Waals surface area contributed by atoms with Crippen molar-refractivity contribution < 1.29 is 14.2 Å². The smallest absolute Gasteiger partial charge is 0.252 e. The lowest BCUT2D eigenvalue weighted by Crippen LogP contribution is -2.38. The molecule has 23 heavy (non-hydrogen) atoms. The Hall–Kier alpha value is -1.89. The fraction of sp³-hybridized carbons (Fsp3) is 0.471. The second-order valence-electron chi connectivity index (χ2n) is 5.84. The normalized spacial score (nSPS) is 18.5. The van der Waals surface area contributed by atoms with Gasteiger partial charge in [0.05, 0.1) is 38.6 Å². The highest BCUT2D eigenvalue weighted by molar-refractivity contribution is 5.80. The molecule has 0 bridgehead atoms. The van der Waals surface area contributed by atoms with Gasteiger partial charge in [0, 0.05) is 24.7 Å². The molecule has 0 unspecified atom stereocenters. The van der Waals surface area contributed by atoms with E-state index in [1.165, 1.54) is 0 Å². The SMILES string of the molecule is COc1ccc2cc(CN(C)C[C@@H]3COCCO3)c(=O)[nH]c2c1. The Balaban J connectivity index is 1.74. The molecule has 1 aromatic heterocycles. The molecule has 0 radical (unpaired) electrons. The lowest BCUT2D eigenvalue weighted by Gasteiger charge is -2.27. The van der Waals surface area contributed by atoms with E-state index in [2.05, 4.69) is 9.88 Å². The van der Waals surface area contributed by atoms with Gasteiger partial charge in [-0.25, -0.2) is 0 Å². The molecule has 2 aromatic rings. The molecule has 1 atom stereocenters. The number of H-pyrrole nitrogens is 1. The standard InChI is InChI=1S/C17H22N2O4/c1-19(10-15-11-22-5-6-23-15)9-13-7-12-3-4-14(21-2)8-16(12)18-17(13)20/h3-4,7-8,15H,5-6,9-11H2,1-2H3,(H,18,20)/t15-/m1/s1. The summed E-state index contributed by atoms with van der Waals surface area (Å²) in [4.78, 5) is 17.3. The highest BCUT2D eigenvalue weighted by Crippen LogP contribution is 2.18. The Morgan fingerprint density at radius 2 is 2.22 bits per heavy atom. The van der Waals surface area contributed by atoms with Crippen LogP contribution in [-0.2, 0) is 16.0 Å². The summed E-state index contributed by atoms with van der Waals surface area (Å²) in [5.74, 6) is 0.729. The number of rotatable bonds is 5. The summed E-state index contributed by atoms with van der Waals surface area (Å²) in [7, 11) is 3.59. The van der Waals surface area contributed by atoms with Gasteiger partial charge in [-0.05, 0) is 30.6 Å². The van der Waals surface area contributed by atoms with Crippen LogP contribution in [0.4, 0.5) is 0 Å². The van der Waals surface area contributed by atoms with Crippen molar-refractivity contribution in [2.75, 3.05) is 40.5 Å². The summed E-state index contributed by atoms with van der Waals surface area (Å²) in [5, 5.41) is 0.992. The first-order valence-corrected chi connectivity index (χ1v) is 7.73. The summed E-state index contributed by atoms with van der Waals surface area (Å²) in [5.41, 5.74) is 1.45. The first-order valence-electron chi connectivity index (χ1n) is 7.73. The average Bonchev–Trinajstić information content (AvgIpc) is 2.56. The number of hydrogen-bond donors (Lipinski definition) is 1. The number of pyridine rings is 1. The summed E-state index contributed by atoms with van der Waals surface area (Å²) < 4.78 is 16.2. The second-order valence-corrected chi connectivity index (χ2v) is 5.84. The Morgan fingerprint density at radius 3 is 2.96 bits per heavy atom. The predicted octanol–water partition coefficient (Wildman–Crippen LogP) is 1.38. The number of ether oxygens (including phenoxy) is 3. The van der Waals surface area contributed by atoms with E-state index in [1.54, 1.807) is 7.11 Å². The quantitative estimate of drug-likeness (QED) is 0.902. The molecule has 1 saturated heterocycles. The van der Waals surface area contributed by atoms with Gasteiger partial charge in [-0.2, -0.15) is 0 Å². The molecule has 1 fully saturated rings. The third kappa shape index (κ3) is 3.90. The maximum Gasteiger partial charge on any atom is 0.252 e. The fourth-order valence-electron chi connectivity index (χ4n) is 2.81. The van der Waals surface area contributed by atoms with Gasteiger partial charge >= 0.3 is 0 Å². The van der Waals surface area contributed by atoms with Crippen LogP contribution < -0.4 is 10.3 Å². The summed E-state index contributed by atoms with van der Waals surface area (Å²) in [6.45, 7) is 3.21. The molecule has 0 saturated carbocycles. The number of nitrogens with one attached hydrogen (secondary N) is 1. The number of aromatic nitrogens is 1. The third-order valence-corrected chi connectivity index (χ3v) is 3.97. The molecular weight excluding hydrogens is 296 g/mol. The van der Waals surface area contributed by atoms with Crippen LogP contribution in [0, 0.1) is 0 Å². The lowest BCUT2D eigenvalue weighted by atomic mass is 10.1. The van der Waals surface area contributed by atoms with E-state index in [-0.39, 0.29) is 11.7 Å². The van der Waals surface area contributed by atoms with Crippen molar-refractivity contribution in [3.05, 3.63) is 40.2 Å². The van der Waals surface area contributed by atoms with Gasteiger partial charge in [-0.15, -0.1) is 0 Å². The minimum atomic E-state index is -0.0709. The van der Waals surface area contributed by atoms with Crippen molar-refractivity contribution in [1.29, 1.82) is 0 Å². The minimum absolute atomic E-state index is 0.0672. The van der Waals surface area contributed by atoms with Crippen molar-refractivity contribution in [3.63, 3.8) is 0 Å². The molecule has 1 aliphatic rings. The predicted molar refractivity (Wildman–Crippen MR) is 88.0 cm³/mol. The Kier molecular flexibility index (Phi) is 4.95. The van der Waals surface area contributed by atoms with Crippen molar-refractivity contribution >= 4 is 10.9 Å². The molecule has 1 aliphatic heterocycles. The van der Waals surface area contributed by atoms with Crippen LogP contribution in [0.5, 0.6) is 5.75 Å². The van der Waals surface area contributed by atoms with Crippen molar-refractivity contribution in [1.82, 2.24) is 9.88 Å². The van der Waals surface area contributed by atoms with Gasteiger partial charge in [-0.3, -0.25) is 9.69 Å². The zero-order valence-corrected chi connectivity index (χ0v) is 13.5.